The van der Waals surface area contributed by atoms with Crippen molar-refractivity contribution in [3.05, 3.63) is 95.3 Å². The van der Waals surface area contributed by atoms with Crippen molar-refractivity contribution in [1.29, 1.82) is 0 Å². The lowest BCUT2D eigenvalue weighted by molar-refractivity contribution is -0.121. The van der Waals surface area contributed by atoms with Crippen molar-refractivity contribution in [2.24, 2.45) is 5.10 Å². The molecule has 33 heavy (non-hydrogen) atoms. The Hall–Kier alpha value is -3.56. The van der Waals surface area contributed by atoms with Crippen LogP contribution in [0.5, 0.6) is 5.75 Å². The number of carbonyl (C=O) groups excluding carboxylic acids is 1. The first-order valence-corrected chi connectivity index (χ1v) is 11.5. The van der Waals surface area contributed by atoms with E-state index in [1.54, 1.807) is 43.3 Å². The molecule has 3 rings (SSSR count). The standard InChI is InChI=1S/C24H24FN3O4S/c1-18-13-22(11-12-23(18)32-2)33(30,31)28(16-19-7-4-3-5-8-19)17-24(29)27-26-15-20-9-6-10-21(25)14-20/h3-15H,16-17H2,1-2H3,(H,27,29). The van der Waals surface area contributed by atoms with Crippen LogP contribution in [-0.4, -0.2) is 38.5 Å². The van der Waals surface area contributed by atoms with Gasteiger partial charge in [-0.2, -0.15) is 9.41 Å². The third-order valence-corrected chi connectivity index (χ3v) is 6.57. The van der Waals surface area contributed by atoms with Gasteiger partial charge in [-0.3, -0.25) is 4.79 Å². The Morgan fingerprint density at radius 1 is 1.09 bits per heavy atom. The zero-order valence-electron chi connectivity index (χ0n) is 18.2. The first kappa shape index (κ1) is 24.1. The number of hydrogen-bond donors (Lipinski definition) is 1. The van der Waals surface area contributed by atoms with E-state index >= 15 is 0 Å². The third kappa shape index (κ3) is 6.47. The number of carbonyl (C=O) groups is 1. The summed E-state index contributed by atoms with van der Waals surface area (Å²) in [6.45, 7) is 1.28. The van der Waals surface area contributed by atoms with E-state index < -0.39 is 28.3 Å². The maximum Gasteiger partial charge on any atom is 0.255 e. The zero-order valence-corrected chi connectivity index (χ0v) is 19.0. The van der Waals surface area contributed by atoms with Crippen LogP contribution in [0.4, 0.5) is 4.39 Å². The highest BCUT2D eigenvalue weighted by Gasteiger charge is 2.27. The molecule has 0 fully saturated rings. The molecule has 0 aliphatic rings. The molecule has 0 unspecified atom stereocenters. The Kier molecular flexibility index (Phi) is 7.92. The summed E-state index contributed by atoms with van der Waals surface area (Å²) in [5, 5.41) is 3.81. The molecule has 3 aromatic rings. The first-order valence-electron chi connectivity index (χ1n) is 10.1. The lowest BCUT2D eigenvalue weighted by atomic mass is 10.2. The number of nitrogens with zero attached hydrogens (tertiary/aromatic N) is 2. The summed E-state index contributed by atoms with van der Waals surface area (Å²) in [6, 6.07) is 19.2. The quantitative estimate of drug-likeness (QED) is 0.384. The fourth-order valence-corrected chi connectivity index (χ4v) is 4.60. The van der Waals surface area contributed by atoms with Crippen LogP contribution in [0.25, 0.3) is 0 Å². The maximum absolute atomic E-state index is 13.4. The van der Waals surface area contributed by atoms with Gasteiger partial charge in [0.05, 0.1) is 24.8 Å². The number of hydrazone groups is 1. The molecule has 0 saturated carbocycles. The summed E-state index contributed by atoms with van der Waals surface area (Å²) in [6.07, 6.45) is 1.28. The number of aryl methyl sites for hydroxylation is 1. The van der Waals surface area contributed by atoms with Crippen molar-refractivity contribution < 1.29 is 22.3 Å². The van der Waals surface area contributed by atoms with E-state index in [-0.39, 0.29) is 11.4 Å². The number of rotatable bonds is 9. The molecule has 3 aromatic carbocycles. The monoisotopic (exact) mass is 469 g/mol. The molecule has 1 amide bonds. The summed E-state index contributed by atoms with van der Waals surface area (Å²) in [7, 11) is -2.50. The van der Waals surface area contributed by atoms with Crippen molar-refractivity contribution in [2.75, 3.05) is 13.7 Å². The largest absolute Gasteiger partial charge is 0.496 e. The SMILES string of the molecule is COc1ccc(S(=O)(=O)N(CC(=O)NN=Cc2cccc(F)c2)Cc2ccccc2)cc1C. The lowest BCUT2D eigenvalue weighted by Crippen LogP contribution is -2.39. The van der Waals surface area contributed by atoms with Crippen LogP contribution in [0.2, 0.25) is 0 Å². The third-order valence-electron chi connectivity index (χ3n) is 4.78. The van der Waals surface area contributed by atoms with Gasteiger partial charge >= 0.3 is 0 Å². The van der Waals surface area contributed by atoms with Gasteiger partial charge in [-0.25, -0.2) is 18.2 Å². The van der Waals surface area contributed by atoms with E-state index in [2.05, 4.69) is 10.5 Å². The molecule has 0 bridgehead atoms. The molecule has 0 spiro atoms. The normalized spacial score (nSPS) is 11.6. The van der Waals surface area contributed by atoms with Crippen molar-refractivity contribution in [3.8, 4) is 5.75 Å². The van der Waals surface area contributed by atoms with E-state index in [0.29, 0.717) is 16.9 Å². The zero-order chi connectivity index (χ0) is 23.8. The highest BCUT2D eigenvalue weighted by molar-refractivity contribution is 7.89. The topological polar surface area (TPSA) is 88.1 Å². The molecular weight excluding hydrogens is 445 g/mol. The summed E-state index contributed by atoms with van der Waals surface area (Å²) >= 11 is 0. The van der Waals surface area contributed by atoms with Crippen LogP contribution in [-0.2, 0) is 21.4 Å². The van der Waals surface area contributed by atoms with Crippen LogP contribution in [0.1, 0.15) is 16.7 Å². The molecule has 0 saturated heterocycles. The molecule has 0 aromatic heterocycles. The van der Waals surface area contributed by atoms with E-state index in [1.807, 2.05) is 6.07 Å². The van der Waals surface area contributed by atoms with Gasteiger partial charge in [0.15, 0.2) is 0 Å². The van der Waals surface area contributed by atoms with Crippen molar-refractivity contribution in [2.45, 2.75) is 18.4 Å². The number of hydrogen-bond acceptors (Lipinski definition) is 5. The molecule has 1 N–H and O–H groups in total. The minimum atomic E-state index is -4.01. The second kappa shape index (κ2) is 10.8. The minimum absolute atomic E-state index is 0.00468. The number of nitrogens with one attached hydrogen (secondary N) is 1. The highest BCUT2D eigenvalue weighted by Crippen LogP contribution is 2.24. The van der Waals surface area contributed by atoms with Crippen molar-refractivity contribution in [3.63, 3.8) is 0 Å². The first-order chi connectivity index (χ1) is 15.8. The molecule has 172 valence electrons. The Morgan fingerprint density at radius 2 is 1.85 bits per heavy atom. The summed E-state index contributed by atoms with van der Waals surface area (Å²) in [4.78, 5) is 12.6. The summed E-state index contributed by atoms with van der Waals surface area (Å²) in [5.41, 5.74) is 4.14. The van der Waals surface area contributed by atoms with E-state index in [0.717, 1.165) is 9.87 Å². The second-order valence-corrected chi connectivity index (χ2v) is 9.18. The molecule has 9 heteroatoms. The molecule has 0 aliphatic heterocycles. The van der Waals surface area contributed by atoms with E-state index in [9.17, 15) is 17.6 Å². The Morgan fingerprint density at radius 3 is 2.52 bits per heavy atom. The van der Waals surface area contributed by atoms with Gasteiger partial charge in [0.2, 0.25) is 10.0 Å². The van der Waals surface area contributed by atoms with Gasteiger partial charge in [0, 0.05) is 6.54 Å². The van der Waals surface area contributed by atoms with Gasteiger partial charge < -0.3 is 4.74 Å². The van der Waals surface area contributed by atoms with Crippen LogP contribution < -0.4 is 10.2 Å². The molecule has 7 nitrogen and oxygen atoms in total. The van der Waals surface area contributed by atoms with Gasteiger partial charge in [0.1, 0.15) is 11.6 Å². The van der Waals surface area contributed by atoms with Crippen molar-refractivity contribution >= 4 is 22.1 Å². The fraction of sp³-hybridized carbons (Fsp3) is 0.167. The Labute approximate surface area is 192 Å². The molecule has 0 heterocycles. The predicted octanol–water partition coefficient (Wildman–Crippen LogP) is 3.48. The van der Waals surface area contributed by atoms with Gasteiger partial charge in [-0.1, -0.05) is 42.5 Å². The summed E-state index contributed by atoms with van der Waals surface area (Å²) in [5.74, 6) is -0.499. The number of sulfonamides is 1. The number of amides is 1. The van der Waals surface area contributed by atoms with Gasteiger partial charge in [0.25, 0.3) is 5.91 Å². The van der Waals surface area contributed by atoms with E-state index in [4.69, 9.17) is 4.74 Å². The van der Waals surface area contributed by atoms with Crippen LogP contribution in [0.15, 0.2) is 82.8 Å². The fourth-order valence-electron chi connectivity index (χ4n) is 3.13. The molecular formula is C24H24FN3O4S. The highest BCUT2D eigenvalue weighted by atomic mass is 32.2. The van der Waals surface area contributed by atoms with Crippen LogP contribution in [0, 0.1) is 12.7 Å². The Balaban J connectivity index is 1.81. The number of ether oxygens (including phenoxy) is 1. The van der Waals surface area contributed by atoms with Crippen LogP contribution in [0.3, 0.4) is 0 Å². The average molecular weight is 470 g/mol. The number of halogens is 1. The smallest absolute Gasteiger partial charge is 0.255 e. The molecule has 0 atom stereocenters. The van der Waals surface area contributed by atoms with Gasteiger partial charge in [-0.05, 0) is 53.9 Å². The second-order valence-electron chi connectivity index (χ2n) is 7.24. The minimum Gasteiger partial charge on any atom is -0.496 e. The molecule has 0 radical (unpaired) electrons. The van der Waals surface area contributed by atoms with Crippen molar-refractivity contribution in [1.82, 2.24) is 9.73 Å². The maximum atomic E-state index is 13.4. The molecule has 0 aliphatic carbocycles. The lowest BCUT2D eigenvalue weighted by Gasteiger charge is -2.22. The summed E-state index contributed by atoms with van der Waals surface area (Å²) < 4.78 is 46.3. The van der Waals surface area contributed by atoms with Crippen LogP contribution >= 0.6 is 0 Å². The Bertz CT molecular complexity index is 1250. The predicted molar refractivity (Wildman–Crippen MR) is 124 cm³/mol. The van der Waals surface area contributed by atoms with Gasteiger partial charge in [-0.15, -0.1) is 0 Å². The number of methoxy groups -OCH3 is 1. The van der Waals surface area contributed by atoms with E-state index in [1.165, 1.54) is 43.7 Å². The average Bonchev–Trinajstić information content (AvgIpc) is 2.79. The number of benzene rings is 3.